The fraction of sp³-hybridized carbons (Fsp3) is 0.136. The van der Waals surface area contributed by atoms with Crippen LogP contribution in [0.3, 0.4) is 0 Å². The predicted octanol–water partition coefficient (Wildman–Crippen LogP) is 5.04. The third kappa shape index (κ3) is 4.05. The fourth-order valence-corrected chi connectivity index (χ4v) is 3.27. The van der Waals surface area contributed by atoms with E-state index in [9.17, 15) is 4.79 Å². The van der Waals surface area contributed by atoms with Crippen LogP contribution in [0.1, 0.15) is 18.7 Å². The van der Waals surface area contributed by atoms with Gasteiger partial charge in [-0.2, -0.15) is 0 Å². The summed E-state index contributed by atoms with van der Waals surface area (Å²) in [7, 11) is 0. The van der Waals surface area contributed by atoms with E-state index in [0.29, 0.717) is 24.3 Å². The van der Waals surface area contributed by atoms with Crippen molar-refractivity contribution in [1.82, 2.24) is 14.5 Å². The average molecular weight is 391 g/mol. The number of carbonyl (C=O) groups is 1. The molecule has 5 nitrogen and oxygen atoms in total. The minimum Gasteiger partial charge on any atom is -0.326 e. The lowest BCUT2D eigenvalue weighted by atomic mass is 10.2. The zero-order valence-electron chi connectivity index (χ0n) is 15.2. The van der Waals surface area contributed by atoms with Crippen molar-refractivity contribution in [2.45, 2.75) is 19.3 Å². The van der Waals surface area contributed by atoms with E-state index in [1.54, 1.807) is 30.5 Å². The quantitative estimate of drug-likeness (QED) is 0.502. The van der Waals surface area contributed by atoms with Gasteiger partial charge < -0.3 is 5.32 Å². The van der Waals surface area contributed by atoms with Gasteiger partial charge in [0.1, 0.15) is 11.3 Å². The van der Waals surface area contributed by atoms with Crippen LogP contribution in [-0.4, -0.2) is 20.4 Å². The largest absolute Gasteiger partial charge is 0.326 e. The number of hydrogen-bond donors (Lipinski definition) is 1. The molecule has 0 unspecified atom stereocenters. The molecule has 28 heavy (non-hydrogen) atoms. The van der Waals surface area contributed by atoms with Gasteiger partial charge >= 0.3 is 0 Å². The molecule has 0 aliphatic heterocycles. The Balaban J connectivity index is 1.47. The van der Waals surface area contributed by atoms with Crippen molar-refractivity contribution in [3.05, 3.63) is 83.8 Å². The Morgan fingerprint density at radius 3 is 2.57 bits per heavy atom. The first-order valence-electron chi connectivity index (χ1n) is 9.14. The molecule has 2 aromatic heterocycles. The minimum absolute atomic E-state index is 0.0252. The third-order valence-electron chi connectivity index (χ3n) is 4.43. The normalized spacial score (nSPS) is 10.9. The third-order valence-corrected chi connectivity index (χ3v) is 4.68. The van der Waals surface area contributed by atoms with E-state index in [4.69, 9.17) is 16.6 Å². The second-order valence-corrected chi connectivity index (χ2v) is 6.89. The van der Waals surface area contributed by atoms with Gasteiger partial charge in [-0.05, 0) is 55.0 Å². The van der Waals surface area contributed by atoms with Crippen molar-refractivity contribution in [3.8, 4) is 5.69 Å². The summed E-state index contributed by atoms with van der Waals surface area (Å²) in [5.74, 6) is 0.877. The highest BCUT2D eigenvalue weighted by Crippen LogP contribution is 2.21. The molecule has 2 aromatic carbocycles. The number of aryl methyl sites for hydroxylation is 1. The number of amides is 1. The molecule has 0 saturated carbocycles. The smallest absolute Gasteiger partial charge is 0.224 e. The number of anilines is 1. The van der Waals surface area contributed by atoms with Crippen molar-refractivity contribution in [3.63, 3.8) is 0 Å². The Morgan fingerprint density at radius 2 is 1.79 bits per heavy atom. The van der Waals surface area contributed by atoms with Crippen LogP contribution < -0.4 is 5.32 Å². The van der Waals surface area contributed by atoms with Gasteiger partial charge in [0.05, 0.1) is 0 Å². The van der Waals surface area contributed by atoms with Crippen LogP contribution in [0, 0.1) is 0 Å². The Kier molecular flexibility index (Phi) is 5.35. The van der Waals surface area contributed by atoms with E-state index in [0.717, 1.165) is 28.4 Å². The van der Waals surface area contributed by atoms with Gasteiger partial charge in [0.25, 0.3) is 0 Å². The fourth-order valence-electron chi connectivity index (χ4n) is 3.14. The molecule has 0 atom stereocenters. The van der Waals surface area contributed by atoms with Crippen LogP contribution in [0.25, 0.3) is 16.9 Å². The zero-order chi connectivity index (χ0) is 19.3. The molecule has 0 radical (unpaired) electrons. The predicted molar refractivity (Wildman–Crippen MR) is 112 cm³/mol. The number of benzene rings is 2. The number of nitrogens with zero attached hydrogens (tertiary/aromatic N) is 3. The molecular weight excluding hydrogens is 372 g/mol. The van der Waals surface area contributed by atoms with E-state index in [1.165, 1.54) is 0 Å². The molecule has 0 spiro atoms. The van der Waals surface area contributed by atoms with Gasteiger partial charge in [-0.1, -0.05) is 29.8 Å². The standard InChI is InChI=1S/C22H19ClN4O/c23-16-11-13-17(14-12-16)25-21(28)10-4-9-20-26-19-8-5-15-24-22(19)27(20)18-6-2-1-3-7-18/h1-3,5-8,11-15H,4,9-10H2,(H,25,28). The summed E-state index contributed by atoms with van der Waals surface area (Å²) in [6.07, 6.45) is 3.55. The van der Waals surface area contributed by atoms with E-state index in [1.807, 2.05) is 42.5 Å². The number of aromatic nitrogens is 3. The maximum atomic E-state index is 12.2. The number of hydrogen-bond acceptors (Lipinski definition) is 3. The van der Waals surface area contributed by atoms with Crippen molar-refractivity contribution in [2.75, 3.05) is 5.32 Å². The van der Waals surface area contributed by atoms with Gasteiger partial charge in [-0.3, -0.25) is 9.36 Å². The number of carbonyl (C=O) groups excluding carboxylic acids is 1. The molecule has 2 heterocycles. The minimum atomic E-state index is -0.0252. The van der Waals surface area contributed by atoms with E-state index >= 15 is 0 Å². The van der Waals surface area contributed by atoms with Crippen LogP contribution in [0.15, 0.2) is 72.9 Å². The molecule has 0 fully saturated rings. The van der Waals surface area contributed by atoms with Crippen LogP contribution in [0.4, 0.5) is 5.69 Å². The van der Waals surface area contributed by atoms with Crippen molar-refractivity contribution in [2.24, 2.45) is 0 Å². The number of para-hydroxylation sites is 1. The second kappa shape index (κ2) is 8.23. The Hall–Kier alpha value is -3.18. The first-order chi connectivity index (χ1) is 13.7. The van der Waals surface area contributed by atoms with Gasteiger partial charge in [0.2, 0.25) is 5.91 Å². The molecule has 0 bridgehead atoms. The van der Waals surface area contributed by atoms with Crippen molar-refractivity contribution in [1.29, 1.82) is 0 Å². The number of nitrogens with one attached hydrogen (secondary N) is 1. The van der Waals surface area contributed by atoms with E-state index in [2.05, 4.69) is 14.9 Å². The van der Waals surface area contributed by atoms with Gasteiger partial charge in [-0.15, -0.1) is 0 Å². The number of pyridine rings is 1. The summed E-state index contributed by atoms with van der Waals surface area (Å²) in [5, 5.41) is 3.54. The van der Waals surface area contributed by atoms with Crippen LogP contribution in [-0.2, 0) is 11.2 Å². The summed E-state index contributed by atoms with van der Waals surface area (Å²) >= 11 is 5.87. The van der Waals surface area contributed by atoms with E-state index in [-0.39, 0.29) is 5.91 Å². The lowest BCUT2D eigenvalue weighted by Crippen LogP contribution is -2.12. The molecular formula is C22H19ClN4O. The Bertz CT molecular complexity index is 1090. The number of rotatable bonds is 6. The summed E-state index contributed by atoms with van der Waals surface area (Å²) in [5.41, 5.74) is 3.45. The molecule has 0 aliphatic carbocycles. The number of imidazole rings is 1. The first-order valence-corrected chi connectivity index (χ1v) is 9.52. The first kappa shape index (κ1) is 18.2. The lowest BCUT2D eigenvalue weighted by Gasteiger charge is -2.09. The lowest BCUT2D eigenvalue weighted by molar-refractivity contribution is -0.116. The van der Waals surface area contributed by atoms with Gasteiger partial charge in [0.15, 0.2) is 5.65 Å². The van der Waals surface area contributed by atoms with Crippen molar-refractivity contribution < 1.29 is 4.79 Å². The monoisotopic (exact) mass is 390 g/mol. The summed E-state index contributed by atoms with van der Waals surface area (Å²) in [6.45, 7) is 0. The number of fused-ring (bicyclic) bond motifs is 1. The van der Waals surface area contributed by atoms with Gasteiger partial charge in [-0.25, -0.2) is 9.97 Å². The van der Waals surface area contributed by atoms with E-state index < -0.39 is 0 Å². The molecule has 1 N–H and O–H groups in total. The molecule has 0 aliphatic rings. The van der Waals surface area contributed by atoms with Gasteiger partial charge in [0, 0.05) is 35.4 Å². The SMILES string of the molecule is O=C(CCCc1nc2cccnc2n1-c1ccccc1)Nc1ccc(Cl)cc1. The topological polar surface area (TPSA) is 59.8 Å². The Morgan fingerprint density at radius 1 is 1.00 bits per heavy atom. The summed E-state index contributed by atoms with van der Waals surface area (Å²) < 4.78 is 2.06. The highest BCUT2D eigenvalue weighted by Gasteiger charge is 2.13. The zero-order valence-corrected chi connectivity index (χ0v) is 15.9. The van der Waals surface area contributed by atoms with Crippen LogP contribution in [0.2, 0.25) is 5.02 Å². The molecule has 4 aromatic rings. The maximum absolute atomic E-state index is 12.2. The van der Waals surface area contributed by atoms with Crippen LogP contribution in [0.5, 0.6) is 0 Å². The molecule has 1 amide bonds. The number of halogens is 1. The molecule has 0 saturated heterocycles. The maximum Gasteiger partial charge on any atom is 0.224 e. The second-order valence-electron chi connectivity index (χ2n) is 6.45. The molecule has 6 heteroatoms. The van der Waals surface area contributed by atoms with Crippen molar-refractivity contribution >= 4 is 34.4 Å². The molecule has 140 valence electrons. The highest BCUT2D eigenvalue weighted by atomic mass is 35.5. The highest BCUT2D eigenvalue weighted by molar-refractivity contribution is 6.30. The Labute approximate surface area is 168 Å². The van der Waals surface area contributed by atoms with Crippen LogP contribution >= 0.6 is 11.6 Å². The summed E-state index contributed by atoms with van der Waals surface area (Å²) in [6, 6.07) is 21.0. The summed E-state index contributed by atoms with van der Waals surface area (Å²) in [4.78, 5) is 21.5. The molecule has 4 rings (SSSR count). The average Bonchev–Trinajstić information content (AvgIpc) is 3.08.